The van der Waals surface area contributed by atoms with Gasteiger partial charge in [0.25, 0.3) is 0 Å². The van der Waals surface area contributed by atoms with Gasteiger partial charge < -0.3 is 4.90 Å². The molecule has 1 amide bonds. The number of hydrogen-bond acceptors (Lipinski definition) is 2. The minimum atomic E-state index is 0.195. The summed E-state index contributed by atoms with van der Waals surface area (Å²) < 4.78 is 1.19. The lowest BCUT2D eigenvalue weighted by atomic mass is 9.98. The molecule has 1 atom stereocenters. The van der Waals surface area contributed by atoms with Gasteiger partial charge in [-0.3, -0.25) is 4.79 Å². The highest BCUT2D eigenvalue weighted by Crippen LogP contribution is 2.40. The van der Waals surface area contributed by atoms with Crippen molar-refractivity contribution in [1.29, 1.82) is 0 Å². The number of alkyl halides is 1. The fraction of sp³-hybridized carbons (Fsp3) is 0.312. The van der Waals surface area contributed by atoms with Crippen molar-refractivity contribution in [1.82, 2.24) is 0 Å². The van der Waals surface area contributed by atoms with Gasteiger partial charge in [0.05, 0.1) is 8.61 Å². The average Bonchev–Trinajstić information content (AvgIpc) is 2.81. The van der Waals surface area contributed by atoms with Crippen LogP contribution in [0.1, 0.15) is 32.8 Å². The molecule has 1 aliphatic heterocycles. The summed E-state index contributed by atoms with van der Waals surface area (Å²) in [5.41, 5.74) is 4.80. The number of anilines is 1. The first kappa shape index (κ1) is 15.3. The van der Waals surface area contributed by atoms with Crippen molar-refractivity contribution in [2.45, 2.75) is 24.6 Å². The normalized spacial score (nSPS) is 16.0. The summed E-state index contributed by atoms with van der Waals surface area (Å²) in [5, 5.41) is 0. The van der Waals surface area contributed by atoms with Crippen molar-refractivity contribution in [2.24, 2.45) is 0 Å². The highest BCUT2D eigenvalue weighted by Gasteiger charge is 2.22. The highest BCUT2D eigenvalue weighted by atomic mass is 79.9. The van der Waals surface area contributed by atoms with Gasteiger partial charge in [-0.1, -0.05) is 28.1 Å². The molecular weight excluding hydrogens is 414 g/mol. The third kappa shape index (κ3) is 2.83. The van der Waals surface area contributed by atoms with Gasteiger partial charge in [-0.2, -0.15) is 0 Å². The van der Waals surface area contributed by atoms with Crippen LogP contribution in [-0.2, 0) is 11.2 Å². The molecule has 0 saturated heterocycles. The third-order valence-electron chi connectivity index (χ3n) is 3.87. The third-order valence-corrected chi connectivity index (χ3v) is 7.39. The molecule has 0 bridgehead atoms. The molecule has 0 fully saturated rings. The van der Waals surface area contributed by atoms with Gasteiger partial charge in [0, 0.05) is 24.0 Å². The van der Waals surface area contributed by atoms with E-state index in [4.69, 9.17) is 0 Å². The predicted molar refractivity (Wildman–Crippen MR) is 95.7 cm³/mol. The summed E-state index contributed by atoms with van der Waals surface area (Å²) in [4.78, 5) is 15.0. The zero-order valence-electron chi connectivity index (χ0n) is 11.8. The topological polar surface area (TPSA) is 20.3 Å². The lowest BCUT2D eigenvalue weighted by Gasteiger charge is -2.26. The van der Waals surface area contributed by atoms with Gasteiger partial charge in [-0.15, -0.1) is 11.3 Å². The van der Waals surface area contributed by atoms with Crippen molar-refractivity contribution in [3.63, 3.8) is 0 Å². The molecule has 0 aliphatic carbocycles. The first-order chi connectivity index (χ1) is 9.97. The molecule has 0 N–H and O–H groups in total. The number of halogens is 2. The zero-order valence-corrected chi connectivity index (χ0v) is 15.8. The smallest absolute Gasteiger partial charge is 0.227 e. The van der Waals surface area contributed by atoms with Gasteiger partial charge in [0.1, 0.15) is 0 Å². The van der Waals surface area contributed by atoms with E-state index in [2.05, 4.69) is 63.0 Å². The number of rotatable bonds is 2. The number of fused-ring (bicyclic) bond motifs is 1. The second kappa shape index (κ2) is 5.86. The molecule has 1 unspecified atom stereocenters. The maximum atomic E-state index is 11.8. The summed E-state index contributed by atoms with van der Waals surface area (Å²) in [6, 6.07) is 8.60. The average molecular weight is 429 g/mol. The second-order valence-electron chi connectivity index (χ2n) is 5.31. The maximum absolute atomic E-state index is 11.8. The summed E-state index contributed by atoms with van der Waals surface area (Å²) in [5.74, 6) is 0.198. The summed E-state index contributed by atoms with van der Waals surface area (Å²) >= 11 is 9.15. The molecule has 2 nitrogen and oxygen atoms in total. The Morgan fingerprint density at radius 1 is 1.29 bits per heavy atom. The Labute approximate surface area is 145 Å². The quantitative estimate of drug-likeness (QED) is 0.601. The Morgan fingerprint density at radius 3 is 2.71 bits per heavy atom. The van der Waals surface area contributed by atoms with Crippen molar-refractivity contribution in [3.8, 4) is 0 Å². The molecule has 0 radical (unpaired) electrons. The molecule has 3 rings (SSSR count). The van der Waals surface area contributed by atoms with Crippen LogP contribution in [0.5, 0.6) is 0 Å². The van der Waals surface area contributed by atoms with Crippen LogP contribution in [0.3, 0.4) is 0 Å². The molecule has 0 saturated carbocycles. The minimum Gasteiger partial charge on any atom is -0.315 e. The van der Waals surface area contributed by atoms with Gasteiger partial charge in [0.15, 0.2) is 0 Å². The van der Waals surface area contributed by atoms with E-state index in [1.807, 2.05) is 7.05 Å². The molecule has 110 valence electrons. The van der Waals surface area contributed by atoms with Crippen LogP contribution in [0.15, 0.2) is 28.1 Å². The van der Waals surface area contributed by atoms with E-state index in [1.54, 1.807) is 16.2 Å². The largest absolute Gasteiger partial charge is 0.315 e. The summed E-state index contributed by atoms with van der Waals surface area (Å²) in [6.07, 6.45) is 1.43. The van der Waals surface area contributed by atoms with E-state index < -0.39 is 0 Å². The van der Waals surface area contributed by atoms with Crippen molar-refractivity contribution in [2.75, 3.05) is 11.9 Å². The monoisotopic (exact) mass is 427 g/mol. The van der Waals surface area contributed by atoms with Crippen molar-refractivity contribution >= 4 is 54.8 Å². The first-order valence-electron chi connectivity index (χ1n) is 6.76. The molecule has 0 spiro atoms. The Hall–Kier alpha value is -0.650. The molecule has 1 aliphatic rings. The predicted octanol–water partition coefficient (Wildman–Crippen LogP) is 5.21. The van der Waals surface area contributed by atoms with E-state index in [9.17, 15) is 4.79 Å². The van der Waals surface area contributed by atoms with Crippen LogP contribution in [-0.4, -0.2) is 13.0 Å². The summed E-state index contributed by atoms with van der Waals surface area (Å²) in [6.45, 7) is 2.11. The number of nitrogens with zero attached hydrogens (tertiary/aromatic N) is 1. The first-order valence-corrected chi connectivity index (χ1v) is 9.29. The summed E-state index contributed by atoms with van der Waals surface area (Å²) in [7, 11) is 1.85. The Bertz CT molecular complexity index is 691. The van der Waals surface area contributed by atoms with E-state index in [-0.39, 0.29) is 10.7 Å². The van der Waals surface area contributed by atoms with Crippen LogP contribution < -0.4 is 4.90 Å². The molecule has 21 heavy (non-hydrogen) atoms. The number of aryl methyl sites for hydroxylation is 2. The van der Waals surface area contributed by atoms with E-state index >= 15 is 0 Å². The standard InChI is InChI=1S/C16H15Br2NOS/c1-9-7-13(21-16(9)18)15(17)11-3-5-12-10(8-11)4-6-14(20)19(12)2/h3,5,7-8,15H,4,6H2,1-2H3. The molecule has 2 heterocycles. The lowest BCUT2D eigenvalue weighted by molar-refractivity contribution is -0.118. The minimum absolute atomic E-state index is 0.195. The Balaban J connectivity index is 1.95. The lowest BCUT2D eigenvalue weighted by Crippen LogP contribution is -2.31. The molecule has 1 aromatic heterocycles. The van der Waals surface area contributed by atoms with E-state index in [1.165, 1.54) is 25.4 Å². The van der Waals surface area contributed by atoms with Crippen LogP contribution >= 0.6 is 43.2 Å². The van der Waals surface area contributed by atoms with Gasteiger partial charge in [-0.05, 0) is 58.1 Å². The maximum Gasteiger partial charge on any atom is 0.227 e. The zero-order chi connectivity index (χ0) is 15.1. The van der Waals surface area contributed by atoms with Crippen LogP contribution in [0, 0.1) is 6.92 Å². The number of carbonyl (C=O) groups is 1. The van der Waals surface area contributed by atoms with Gasteiger partial charge in [-0.25, -0.2) is 0 Å². The van der Waals surface area contributed by atoms with Crippen molar-refractivity contribution in [3.05, 3.63) is 49.6 Å². The number of amides is 1. The number of carbonyl (C=O) groups excluding carboxylic acids is 1. The van der Waals surface area contributed by atoms with E-state index in [0.29, 0.717) is 6.42 Å². The molecule has 2 aromatic rings. The van der Waals surface area contributed by atoms with Gasteiger partial charge in [0.2, 0.25) is 5.91 Å². The Morgan fingerprint density at radius 2 is 2.05 bits per heavy atom. The van der Waals surface area contributed by atoms with Crippen molar-refractivity contribution < 1.29 is 4.79 Å². The molecular formula is C16H15Br2NOS. The second-order valence-corrected chi connectivity index (χ2v) is 8.63. The fourth-order valence-corrected chi connectivity index (χ4v) is 4.88. The SMILES string of the molecule is Cc1cc(C(Br)c2ccc3c(c2)CCC(=O)N3C)sc1Br. The number of hydrogen-bond donors (Lipinski definition) is 0. The number of benzene rings is 1. The number of thiophene rings is 1. The molecule has 1 aromatic carbocycles. The molecule has 5 heteroatoms. The van der Waals surface area contributed by atoms with Crippen LogP contribution in [0.2, 0.25) is 0 Å². The van der Waals surface area contributed by atoms with E-state index in [0.717, 1.165) is 12.1 Å². The van der Waals surface area contributed by atoms with Gasteiger partial charge >= 0.3 is 0 Å². The highest BCUT2D eigenvalue weighted by molar-refractivity contribution is 9.11. The fourth-order valence-electron chi connectivity index (χ4n) is 2.61. The Kier molecular flexibility index (Phi) is 4.26. The van der Waals surface area contributed by atoms with Crippen LogP contribution in [0.4, 0.5) is 5.69 Å². The van der Waals surface area contributed by atoms with Crippen LogP contribution in [0.25, 0.3) is 0 Å².